The van der Waals surface area contributed by atoms with E-state index in [-0.39, 0.29) is 18.9 Å². The number of benzene rings is 2. The normalized spacial score (nSPS) is 12.4. The minimum absolute atomic E-state index is 0.0394. The van der Waals surface area contributed by atoms with Crippen molar-refractivity contribution in [2.75, 3.05) is 12.1 Å². The van der Waals surface area contributed by atoms with Crippen molar-refractivity contribution < 1.29 is 14.3 Å². The molecule has 2 N–H and O–H groups in total. The van der Waals surface area contributed by atoms with Crippen molar-refractivity contribution >= 4 is 23.2 Å². The van der Waals surface area contributed by atoms with Gasteiger partial charge in [-0.15, -0.1) is 0 Å². The van der Waals surface area contributed by atoms with Gasteiger partial charge in [0.05, 0.1) is 0 Å². The first kappa shape index (κ1) is 17.6. The Morgan fingerprint density at radius 3 is 2.85 bits per heavy atom. The molecular weight excluding hydrogens is 354 g/mol. The number of anilines is 1. The lowest BCUT2D eigenvalue weighted by atomic mass is 10.2. The van der Waals surface area contributed by atoms with Gasteiger partial charge in [-0.3, -0.25) is 4.79 Å². The van der Waals surface area contributed by atoms with Crippen LogP contribution in [0.3, 0.4) is 0 Å². The minimum atomic E-state index is -0.476. The van der Waals surface area contributed by atoms with Crippen molar-refractivity contribution in [1.29, 1.82) is 5.26 Å². The molecule has 0 aliphatic carbocycles. The van der Waals surface area contributed by atoms with Crippen molar-refractivity contribution in [3.8, 4) is 17.6 Å². The average Bonchev–Trinajstić information content (AvgIpc) is 3.11. The maximum atomic E-state index is 12.2. The molecule has 0 spiro atoms. The second-order valence-electron chi connectivity index (χ2n) is 5.65. The van der Waals surface area contributed by atoms with E-state index in [1.54, 1.807) is 18.2 Å². The zero-order valence-electron chi connectivity index (χ0n) is 14.0. The SMILES string of the molecule is Cc1ccc(N/C=C(/C#N)C(=O)NCc2ccc3c(c2)OCO3)cc1Cl. The van der Waals surface area contributed by atoms with E-state index < -0.39 is 5.91 Å². The Morgan fingerprint density at radius 1 is 1.27 bits per heavy atom. The predicted molar refractivity (Wildman–Crippen MR) is 97.9 cm³/mol. The van der Waals surface area contributed by atoms with Crippen molar-refractivity contribution in [3.05, 3.63) is 64.3 Å². The Balaban J connectivity index is 1.61. The number of aryl methyl sites for hydroxylation is 1. The Morgan fingerprint density at radius 2 is 2.08 bits per heavy atom. The summed E-state index contributed by atoms with van der Waals surface area (Å²) >= 11 is 6.06. The van der Waals surface area contributed by atoms with E-state index in [1.165, 1.54) is 6.20 Å². The number of carbonyl (C=O) groups is 1. The van der Waals surface area contributed by atoms with E-state index in [2.05, 4.69) is 10.6 Å². The van der Waals surface area contributed by atoms with E-state index in [4.69, 9.17) is 21.1 Å². The summed E-state index contributed by atoms with van der Waals surface area (Å²) < 4.78 is 10.5. The maximum absolute atomic E-state index is 12.2. The van der Waals surface area contributed by atoms with Crippen molar-refractivity contribution in [2.45, 2.75) is 13.5 Å². The van der Waals surface area contributed by atoms with Crippen LogP contribution in [-0.2, 0) is 11.3 Å². The average molecular weight is 370 g/mol. The van der Waals surface area contributed by atoms with Crippen LogP contribution in [0, 0.1) is 18.3 Å². The van der Waals surface area contributed by atoms with Crippen LogP contribution in [0.4, 0.5) is 5.69 Å². The Hall–Kier alpha value is -3.17. The molecule has 3 rings (SSSR count). The van der Waals surface area contributed by atoms with Gasteiger partial charge in [-0.2, -0.15) is 5.26 Å². The summed E-state index contributed by atoms with van der Waals surface area (Å²) in [6.45, 7) is 2.36. The van der Waals surface area contributed by atoms with E-state index in [0.29, 0.717) is 22.2 Å². The number of ether oxygens (including phenoxy) is 2. The molecular formula is C19H16ClN3O3. The molecule has 0 atom stereocenters. The summed E-state index contributed by atoms with van der Waals surface area (Å²) in [6.07, 6.45) is 1.36. The molecule has 1 aliphatic heterocycles. The fourth-order valence-electron chi connectivity index (χ4n) is 2.32. The number of rotatable bonds is 5. The third-order valence-corrected chi connectivity index (χ3v) is 4.22. The number of nitriles is 1. The van der Waals surface area contributed by atoms with Crippen LogP contribution in [0.1, 0.15) is 11.1 Å². The second kappa shape index (κ2) is 7.81. The van der Waals surface area contributed by atoms with Gasteiger partial charge in [-0.1, -0.05) is 23.7 Å². The Bertz CT molecular complexity index is 919. The first-order chi connectivity index (χ1) is 12.6. The van der Waals surface area contributed by atoms with Crippen LogP contribution in [0.2, 0.25) is 5.02 Å². The fraction of sp³-hybridized carbons (Fsp3) is 0.158. The lowest BCUT2D eigenvalue weighted by Crippen LogP contribution is -2.24. The molecule has 26 heavy (non-hydrogen) atoms. The molecule has 2 aromatic carbocycles. The highest BCUT2D eigenvalue weighted by Gasteiger charge is 2.14. The number of hydrogen-bond acceptors (Lipinski definition) is 5. The fourth-order valence-corrected chi connectivity index (χ4v) is 2.50. The number of halogens is 1. The van der Waals surface area contributed by atoms with Crippen LogP contribution in [0.5, 0.6) is 11.5 Å². The van der Waals surface area contributed by atoms with Gasteiger partial charge >= 0.3 is 0 Å². The maximum Gasteiger partial charge on any atom is 0.263 e. The molecule has 0 aromatic heterocycles. The second-order valence-corrected chi connectivity index (χ2v) is 6.06. The molecule has 0 saturated carbocycles. The van der Waals surface area contributed by atoms with Crippen molar-refractivity contribution in [2.24, 2.45) is 0 Å². The molecule has 1 aliphatic rings. The topological polar surface area (TPSA) is 83.4 Å². The van der Waals surface area contributed by atoms with Crippen LogP contribution in [0.15, 0.2) is 48.2 Å². The summed E-state index contributed by atoms with van der Waals surface area (Å²) in [4.78, 5) is 12.2. The standard InChI is InChI=1S/C19H16ClN3O3/c1-12-2-4-15(7-16(12)20)22-10-14(8-21)19(24)23-9-13-3-5-17-18(6-13)26-11-25-17/h2-7,10,22H,9,11H2,1H3,(H,23,24)/b14-10-. The molecule has 2 aromatic rings. The number of amides is 1. The van der Waals surface area contributed by atoms with Gasteiger partial charge in [-0.25, -0.2) is 0 Å². The van der Waals surface area contributed by atoms with Gasteiger partial charge in [0.25, 0.3) is 5.91 Å². The minimum Gasteiger partial charge on any atom is -0.454 e. The molecule has 0 unspecified atom stereocenters. The third kappa shape index (κ3) is 4.08. The summed E-state index contributed by atoms with van der Waals surface area (Å²) in [5, 5.41) is 15.4. The van der Waals surface area contributed by atoms with E-state index >= 15 is 0 Å². The van der Waals surface area contributed by atoms with E-state index in [1.807, 2.05) is 31.2 Å². The highest BCUT2D eigenvalue weighted by molar-refractivity contribution is 6.31. The van der Waals surface area contributed by atoms with Gasteiger partial charge in [0.1, 0.15) is 11.6 Å². The number of carbonyl (C=O) groups excluding carboxylic acids is 1. The number of nitrogens with zero attached hydrogens (tertiary/aromatic N) is 1. The van der Waals surface area contributed by atoms with Gasteiger partial charge in [0.15, 0.2) is 11.5 Å². The largest absolute Gasteiger partial charge is 0.454 e. The summed E-state index contributed by atoms with van der Waals surface area (Å²) in [7, 11) is 0. The number of hydrogen-bond donors (Lipinski definition) is 2. The Labute approximate surface area is 156 Å². The number of fused-ring (bicyclic) bond motifs is 1. The monoisotopic (exact) mass is 369 g/mol. The Kier molecular flexibility index (Phi) is 5.30. The quantitative estimate of drug-likeness (QED) is 0.622. The molecule has 0 radical (unpaired) electrons. The van der Waals surface area contributed by atoms with Crippen molar-refractivity contribution in [3.63, 3.8) is 0 Å². The molecule has 132 valence electrons. The van der Waals surface area contributed by atoms with Gasteiger partial charge in [-0.05, 0) is 42.3 Å². The lowest BCUT2D eigenvalue weighted by molar-refractivity contribution is -0.117. The molecule has 1 heterocycles. The van der Waals surface area contributed by atoms with E-state index in [0.717, 1.165) is 11.1 Å². The summed E-state index contributed by atoms with van der Waals surface area (Å²) in [6, 6.07) is 12.7. The molecule has 0 saturated heterocycles. The van der Waals surface area contributed by atoms with Gasteiger partial charge in [0.2, 0.25) is 6.79 Å². The molecule has 1 amide bonds. The first-order valence-electron chi connectivity index (χ1n) is 7.86. The number of nitrogens with one attached hydrogen (secondary N) is 2. The van der Waals surface area contributed by atoms with Gasteiger partial charge in [0, 0.05) is 23.5 Å². The van der Waals surface area contributed by atoms with Crippen LogP contribution < -0.4 is 20.1 Å². The molecule has 0 fully saturated rings. The third-order valence-electron chi connectivity index (χ3n) is 3.81. The lowest BCUT2D eigenvalue weighted by Gasteiger charge is -2.07. The highest BCUT2D eigenvalue weighted by Crippen LogP contribution is 2.32. The van der Waals surface area contributed by atoms with Crippen LogP contribution in [0.25, 0.3) is 0 Å². The molecule has 6 nitrogen and oxygen atoms in total. The highest BCUT2D eigenvalue weighted by atomic mass is 35.5. The zero-order chi connectivity index (χ0) is 18.5. The summed E-state index contributed by atoms with van der Waals surface area (Å²) in [5.41, 5.74) is 2.45. The molecule has 0 bridgehead atoms. The van der Waals surface area contributed by atoms with E-state index in [9.17, 15) is 10.1 Å². The predicted octanol–water partition coefficient (Wildman–Crippen LogP) is 3.51. The van der Waals surface area contributed by atoms with Crippen molar-refractivity contribution in [1.82, 2.24) is 5.32 Å². The van der Waals surface area contributed by atoms with Gasteiger partial charge < -0.3 is 20.1 Å². The smallest absolute Gasteiger partial charge is 0.263 e. The molecule has 7 heteroatoms. The zero-order valence-corrected chi connectivity index (χ0v) is 14.8. The van der Waals surface area contributed by atoms with Crippen LogP contribution in [-0.4, -0.2) is 12.7 Å². The van der Waals surface area contributed by atoms with Crippen LogP contribution >= 0.6 is 11.6 Å². The first-order valence-corrected chi connectivity index (χ1v) is 8.24. The summed E-state index contributed by atoms with van der Waals surface area (Å²) in [5.74, 6) is 0.847.